The van der Waals surface area contributed by atoms with E-state index in [4.69, 9.17) is 4.74 Å². The van der Waals surface area contributed by atoms with Gasteiger partial charge in [0.15, 0.2) is 11.6 Å². The van der Waals surface area contributed by atoms with Crippen LogP contribution in [0.25, 0.3) is 10.8 Å². The van der Waals surface area contributed by atoms with Crippen molar-refractivity contribution in [3.63, 3.8) is 0 Å². The van der Waals surface area contributed by atoms with Crippen molar-refractivity contribution in [2.24, 2.45) is 0 Å². The standard InChI is InChI=1S/C16H10O5/c1-8(17)21-14-4-2-3-9-10(14)7-11-12(18)5-6-13(19)15(11)16(9)20/h2-7,20H,1H3. The second kappa shape index (κ2) is 4.56. The molecule has 0 spiro atoms. The van der Waals surface area contributed by atoms with Crippen LogP contribution in [0, 0.1) is 0 Å². The van der Waals surface area contributed by atoms with Gasteiger partial charge >= 0.3 is 5.97 Å². The lowest BCUT2D eigenvalue weighted by Crippen LogP contribution is -2.12. The minimum Gasteiger partial charge on any atom is -0.507 e. The summed E-state index contributed by atoms with van der Waals surface area (Å²) in [5.74, 6) is -1.37. The molecule has 1 aliphatic carbocycles. The molecular weight excluding hydrogens is 272 g/mol. The molecular formula is C16H10O5. The second-order valence-corrected chi connectivity index (χ2v) is 4.65. The molecule has 0 aliphatic heterocycles. The average Bonchev–Trinajstić information content (AvgIpc) is 2.43. The fraction of sp³-hybridized carbons (Fsp3) is 0.0625. The highest BCUT2D eigenvalue weighted by atomic mass is 16.5. The maximum absolute atomic E-state index is 11.9. The van der Waals surface area contributed by atoms with Crippen molar-refractivity contribution in [2.45, 2.75) is 6.92 Å². The van der Waals surface area contributed by atoms with Crippen LogP contribution < -0.4 is 4.74 Å². The van der Waals surface area contributed by atoms with Crippen LogP contribution in [-0.2, 0) is 4.79 Å². The Morgan fingerprint density at radius 2 is 1.81 bits per heavy atom. The Morgan fingerprint density at radius 1 is 1.10 bits per heavy atom. The number of phenolic OH excluding ortho intramolecular Hbond substituents is 1. The fourth-order valence-corrected chi connectivity index (χ4v) is 2.39. The van der Waals surface area contributed by atoms with Crippen molar-refractivity contribution < 1.29 is 24.2 Å². The largest absolute Gasteiger partial charge is 0.507 e. The maximum Gasteiger partial charge on any atom is 0.308 e. The predicted molar refractivity (Wildman–Crippen MR) is 74.7 cm³/mol. The molecule has 104 valence electrons. The van der Waals surface area contributed by atoms with E-state index in [9.17, 15) is 19.5 Å². The van der Waals surface area contributed by atoms with Gasteiger partial charge in [0.1, 0.15) is 11.5 Å². The Hall–Kier alpha value is -2.95. The highest BCUT2D eigenvalue weighted by Crippen LogP contribution is 2.38. The Bertz CT molecular complexity index is 845. The van der Waals surface area contributed by atoms with Crippen LogP contribution in [-0.4, -0.2) is 22.6 Å². The number of allylic oxidation sites excluding steroid dienone is 2. The maximum atomic E-state index is 11.9. The SMILES string of the molecule is CC(=O)Oc1cccc2c(O)c3c(cc12)C(=O)C=CC3=O. The molecule has 1 N–H and O–H groups in total. The molecule has 0 atom stereocenters. The van der Waals surface area contributed by atoms with E-state index >= 15 is 0 Å². The highest BCUT2D eigenvalue weighted by Gasteiger charge is 2.25. The molecule has 0 amide bonds. The van der Waals surface area contributed by atoms with Crippen LogP contribution in [0.3, 0.4) is 0 Å². The van der Waals surface area contributed by atoms with Crippen LogP contribution in [0.4, 0.5) is 0 Å². The van der Waals surface area contributed by atoms with Gasteiger partial charge in [0.25, 0.3) is 0 Å². The molecule has 1 aliphatic rings. The molecule has 0 unspecified atom stereocenters. The predicted octanol–water partition coefficient (Wildman–Crippen LogP) is 2.41. The first-order chi connectivity index (χ1) is 9.99. The van der Waals surface area contributed by atoms with Crippen molar-refractivity contribution in [3.8, 4) is 11.5 Å². The van der Waals surface area contributed by atoms with Crippen LogP contribution in [0.1, 0.15) is 27.6 Å². The molecule has 21 heavy (non-hydrogen) atoms. The van der Waals surface area contributed by atoms with E-state index < -0.39 is 11.8 Å². The van der Waals surface area contributed by atoms with Crippen LogP contribution in [0.2, 0.25) is 0 Å². The van der Waals surface area contributed by atoms with Gasteiger partial charge in [-0.1, -0.05) is 12.1 Å². The summed E-state index contributed by atoms with van der Waals surface area (Å²) in [5.41, 5.74) is 0.0853. The Morgan fingerprint density at radius 3 is 2.52 bits per heavy atom. The average molecular weight is 282 g/mol. The van der Waals surface area contributed by atoms with Crippen molar-refractivity contribution in [1.29, 1.82) is 0 Å². The number of hydrogen-bond donors (Lipinski definition) is 1. The first-order valence-corrected chi connectivity index (χ1v) is 6.23. The lowest BCUT2D eigenvalue weighted by Gasteiger charge is -2.15. The monoisotopic (exact) mass is 282 g/mol. The van der Waals surface area contributed by atoms with Gasteiger partial charge in [0.2, 0.25) is 0 Å². The van der Waals surface area contributed by atoms with Gasteiger partial charge < -0.3 is 9.84 Å². The molecule has 5 nitrogen and oxygen atoms in total. The van der Waals surface area contributed by atoms with Crippen molar-refractivity contribution in [1.82, 2.24) is 0 Å². The van der Waals surface area contributed by atoms with Gasteiger partial charge in [-0.05, 0) is 24.3 Å². The number of ketones is 2. The van der Waals surface area contributed by atoms with E-state index in [-0.39, 0.29) is 28.4 Å². The molecule has 2 aromatic rings. The minimum atomic E-state index is -0.512. The third-order valence-corrected chi connectivity index (χ3v) is 3.27. The zero-order chi connectivity index (χ0) is 15.1. The smallest absolute Gasteiger partial charge is 0.308 e. The first-order valence-electron chi connectivity index (χ1n) is 6.23. The second-order valence-electron chi connectivity index (χ2n) is 4.65. The Balaban J connectivity index is 2.38. The summed E-state index contributed by atoms with van der Waals surface area (Å²) in [4.78, 5) is 34.9. The molecule has 5 heteroatoms. The van der Waals surface area contributed by atoms with Gasteiger partial charge in [0.05, 0.1) is 5.56 Å². The van der Waals surface area contributed by atoms with E-state index in [1.54, 1.807) is 18.2 Å². The molecule has 0 bridgehead atoms. The van der Waals surface area contributed by atoms with Gasteiger partial charge in [-0.25, -0.2) is 0 Å². The van der Waals surface area contributed by atoms with Crippen molar-refractivity contribution in [3.05, 3.63) is 47.5 Å². The zero-order valence-corrected chi connectivity index (χ0v) is 11.0. The first kappa shape index (κ1) is 13.1. The van der Waals surface area contributed by atoms with E-state index in [1.165, 1.54) is 13.0 Å². The number of phenols is 1. The van der Waals surface area contributed by atoms with E-state index in [2.05, 4.69) is 0 Å². The number of rotatable bonds is 1. The molecule has 0 saturated carbocycles. The third kappa shape index (κ3) is 1.99. The summed E-state index contributed by atoms with van der Waals surface area (Å²) in [6.45, 7) is 1.26. The number of fused-ring (bicyclic) bond motifs is 2. The summed E-state index contributed by atoms with van der Waals surface area (Å²) in [6, 6.07) is 6.21. The third-order valence-electron chi connectivity index (χ3n) is 3.27. The normalized spacial score (nSPS) is 13.4. The molecule has 0 aromatic heterocycles. The van der Waals surface area contributed by atoms with E-state index in [1.807, 2.05) is 0 Å². The Labute approximate surface area is 119 Å². The molecule has 3 rings (SSSR count). The number of hydrogen-bond acceptors (Lipinski definition) is 5. The summed E-state index contributed by atoms with van der Waals surface area (Å²) < 4.78 is 5.07. The number of ether oxygens (including phenoxy) is 1. The summed E-state index contributed by atoms with van der Waals surface area (Å²) >= 11 is 0. The quantitative estimate of drug-likeness (QED) is 0.641. The van der Waals surface area contributed by atoms with Gasteiger partial charge in [-0.2, -0.15) is 0 Å². The van der Waals surface area contributed by atoms with Crippen LogP contribution in [0.15, 0.2) is 36.4 Å². The molecule has 0 fully saturated rings. The molecule has 0 radical (unpaired) electrons. The van der Waals surface area contributed by atoms with E-state index in [0.717, 1.165) is 12.2 Å². The topological polar surface area (TPSA) is 80.7 Å². The molecule has 2 aromatic carbocycles. The van der Waals surface area contributed by atoms with Crippen LogP contribution >= 0.6 is 0 Å². The zero-order valence-electron chi connectivity index (χ0n) is 11.0. The summed E-state index contributed by atoms with van der Waals surface area (Å²) in [6.07, 6.45) is 2.29. The lowest BCUT2D eigenvalue weighted by atomic mass is 9.90. The minimum absolute atomic E-state index is 0.0185. The number of carbonyl (C=O) groups excluding carboxylic acids is 3. The van der Waals surface area contributed by atoms with Crippen molar-refractivity contribution >= 4 is 28.3 Å². The number of benzene rings is 2. The number of esters is 1. The van der Waals surface area contributed by atoms with Crippen LogP contribution in [0.5, 0.6) is 11.5 Å². The highest BCUT2D eigenvalue weighted by molar-refractivity contribution is 6.25. The van der Waals surface area contributed by atoms with Gasteiger partial charge in [-0.3, -0.25) is 14.4 Å². The fourth-order valence-electron chi connectivity index (χ4n) is 2.39. The van der Waals surface area contributed by atoms with Crippen molar-refractivity contribution in [2.75, 3.05) is 0 Å². The number of carbonyl (C=O) groups is 3. The molecule has 0 heterocycles. The Kier molecular flexibility index (Phi) is 2.83. The van der Waals surface area contributed by atoms with E-state index in [0.29, 0.717) is 10.8 Å². The number of aromatic hydroxyl groups is 1. The van der Waals surface area contributed by atoms with Gasteiger partial charge in [0, 0.05) is 23.3 Å². The summed E-state index contributed by atoms with van der Waals surface area (Å²) in [7, 11) is 0. The summed E-state index contributed by atoms with van der Waals surface area (Å²) in [5, 5.41) is 11.0. The lowest BCUT2D eigenvalue weighted by molar-refractivity contribution is -0.131. The van der Waals surface area contributed by atoms with Gasteiger partial charge in [-0.15, -0.1) is 0 Å². The molecule has 0 saturated heterocycles.